The molecule has 0 aliphatic carbocycles. The second-order valence-electron chi connectivity index (χ2n) is 5.66. The number of aromatic carboxylic acids is 1. The molecule has 3 N–H and O–H groups in total. The Kier molecular flexibility index (Phi) is 9.70. The van der Waals surface area contributed by atoms with Crippen LogP contribution >= 0.6 is 0 Å². The summed E-state index contributed by atoms with van der Waals surface area (Å²) in [6, 6.07) is 4.95. The molecule has 0 saturated heterocycles. The topological polar surface area (TPSA) is 147 Å². The fourth-order valence-electron chi connectivity index (χ4n) is 2.04. The van der Waals surface area contributed by atoms with Gasteiger partial charge in [-0.3, -0.25) is 9.59 Å². The Morgan fingerprint density at radius 2 is 1.44 bits per heavy atom. The van der Waals surface area contributed by atoms with Crippen molar-refractivity contribution in [3.63, 3.8) is 0 Å². The molecule has 1 atom stereocenters. The second-order valence-corrected chi connectivity index (χ2v) is 5.66. The Bertz CT molecular complexity index is 651. The summed E-state index contributed by atoms with van der Waals surface area (Å²) < 4.78 is 9.35. The van der Waals surface area contributed by atoms with Crippen molar-refractivity contribution >= 4 is 23.9 Å². The van der Waals surface area contributed by atoms with Crippen molar-refractivity contribution in [2.75, 3.05) is 6.61 Å². The van der Waals surface area contributed by atoms with E-state index in [-0.39, 0.29) is 43.4 Å². The predicted octanol–water partition coefficient (Wildman–Crippen LogP) is 1.26. The Balaban J connectivity index is 2.25. The number of hydrogen-bond acceptors (Lipinski definition) is 8. The van der Waals surface area contributed by atoms with Crippen molar-refractivity contribution in [3.05, 3.63) is 35.4 Å². The third-order valence-corrected chi connectivity index (χ3v) is 3.46. The molecule has 0 aliphatic heterocycles. The van der Waals surface area contributed by atoms with Crippen LogP contribution in [0.15, 0.2) is 24.3 Å². The normalized spacial score (nSPS) is 11.5. The van der Waals surface area contributed by atoms with Crippen molar-refractivity contribution in [2.24, 2.45) is 0 Å². The van der Waals surface area contributed by atoms with Crippen LogP contribution in [0.4, 0.5) is 0 Å². The number of carbonyl (C=O) groups is 4. The van der Waals surface area contributed by atoms with Crippen LogP contribution < -0.4 is 0 Å². The largest absolute Gasteiger partial charge is 0.478 e. The van der Waals surface area contributed by atoms with Gasteiger partial charge in [0.25, 0.3) is 0 Å². The van der Waals surface area contributed by atoms with E-state index in [0.29, 0.717) is 12.8 Å². The molecule has 0 fully saturated rings. The molecule has 27 heavy (non-hydrogen) atoms. The van der Waals surface area contributed by atoms with E-state index in [0.717, 1.165) is 0 Å². The maximum absolute atomic E-state index is 11.8. The lowest BCUT2D eigenvalue weighted by atomic mass is 10.1. The zero-order valence-electron chi connectivity index (χ0n) is 14.6. The molecular formula is C18H22O9. The van der Waals surface area contributed by atoms with E-state index in [1.807, 2.05) is 0 Å². The van der Waals surface area contributed by atoms with Crippen LogP contribution in [0.1, 0.15) is 59.2 Å². The van der Waals surface area contributed by atoms with Crippen molar-refractivity contribution in [3.8, 4) is 0 Å². The number of aliphatic hydroxyl groups is 2. The zero-order chi connectivity index (χ0) is 20.2. The highest BCUT2D eigenvalue weighted by Gasteiger charge is 2.15. The first-order valence-electron chi connectivity index (χ1n) is 8.40. The van der Waals surface area contributed by atoms with Gasteiger partial charge < -0.3 is 24.8 Å². The Morgan fingerprint density at radius 3 is 2.00 bits per heavy atom. The van der Waals surface area contributed by atoms with E-state index in [2.05, 4.69) is 4.74 Å². The van der Waals surface area contributed by atoms with Crippen LogP contribution in [0, 0.1) is 0 Å². The molecule has 9 nitrogen and oxygen atoms in total. The van der Waals surface area contributed by atoms with Gasteiger partial charge in [-0.15, -0.1) is 0 Å². The molecule has 0 amide bonds. The summed E-state index contributed by atoms with van der Waals surface area (Å²) in [7, 11) is 0. The highest BCUT2D eigenvalue weighted by Crippen LogP contribution is 2.09. The summed E-state index contributed by atoms with van der Waals surface area (Å²) >= 11 is 0. The van der Waals surface area contributed by atoms with E-state index < -0.39 is 30.2 Å². The van der Waals surface area contributed by atoms with Gasteiger partial charge in [-0.1, -0.05) is 0 Å². The van der Waals surface area contributed by atoms with Crippen molar-refractivity contribution in [1.82, 2.24) is 0 Å². The van der Waals surface area contributed by atoms with Crippen LogP contribution in [0.2, 0.25) is 0 Å². The molecule has 0 heterocycles. The van der Waals surface area contributed by atoms with Gasteiger partial charge in [0.1, 0.15) is 0 Å². The zero-order valence-corrected chi connectivity index (χ0v) is 14.6. The number of esters is 3. The number of aliphatic hydroxyl groups excluding tert-OH is 2. The average Bonchev–Trinajstić information content (AvgIpc) is 2.63. The van der Waals surface area contributed by atoms with Crippen LogP contribution in [-0.2, 0) is 19.1 Å². The predicted molar refractivity (Wildman–Crippen MR) is 90.7 cm³/mol. The first-order valence-corrected chi connectivity index (χ1v) is 8.40. The lowest BCUT2D eigenvalue weighted by Gasteiger charge is -2.11. The molecule has 0 aromatic heterocycles. The lowest BCUT2D eigenvalue weighted by molar-refractivity contribution is -0.169. The third kappa shape index (κ3) is 8.93. The monoisotopic (exact) mass is 382 g/mol. The van der Waals surface area contributed by atoms with Gasteiger partial charge in [0, 0.05) is 25.9 Å². The van der Waals surface area contributed by atoms with Crippen molar-refractivity contribution < 1.29 is 44.0 Å². The Hall–Kier alpha value is -2.78. The molecule has 0 radical (unpaired) electrons. The standard InChI is InChI=1S/C18H22O9/c19-11-3-6-15(21)26-14(20)4-1-2-5-16(22)27-18(25)13-9-7-12(8-10-13)17(23)24/h7-10,15,19,21H,1-6,11H2,(H,23,24). The van der Waals surface area contributed by atoms with Gasteiger partial charge in [-0.2, -0.15) is 0 Å². The molecule has 0 spiro atoms. The van der Waals surface area contributed by atoms with Crippen LogP contribution in [-0.4, -0.2) is 52.1 Å². The first kappa shape index (κ1) is 22.3. The molecule has 1 unspecified atom stereocenters. The molecule has 148 valence electrons. The van der Waals surface area contributed by atoms with E-state index >= 15 is 0 Å². The molecule has 9 heteroatoms. The van der Waals surface area contributed by atoms with E-state index in [9.17, 15) is 24.3 Å². The number of hydrogen-bond donors (Lipinski definition) is 3. The van der Waals surface area contributed by atoms with Gasteiger partial charge >= 0.3 is 23.9 Å². The summed E-state index contributed by atoms with van der Waals surface area (Å²) in [6.45, 7) is -0.112. The SMILES string of the molecule is O=C(CCCCC(=O)OC(O)CCCO)OC(=O)c1ccc(C(=O)O)cc1. The summed E-state index contributed by atoms with van der Waals surface area (Å²) in [5.74, 6) is -3.41. The molecule has 1 aromatic rings. The number of carboxylic acid groups (broad SMARTS) is 1. The van der Waals surface area contributed by atoms with Gasteiger partial charge in [0.2, 0.25) is 6.29 Å². The summed E-state index contributed by atoms with van der Waals surface area (Å²) in [5, 5.41) is 26.7. The smallest absolute Gasteiger partial charge is 0.345 e. The fraction of sp³-hybridized carbons (Fsp3) is 0.444. The Labute approximate surface area is 155 Å². The third-order valence-electron chi connectivity index (χ3n) is 3.46. The summed E-state index contributed by atoms with van der Waals surface area (Å²) in [4.78, 5) is 45.6. The highest BCUT2D eigenvalue weighted by molar-refractivity contribution is 5.97. The summed E-state index contributed by atoms with van der Waals surface area (Å²) in [5.41, 5.74) is 0.0556. The van der Waals surface area contributed by atoms with Crippen LogP contribution in [0.5, 0.6) is 0 Å². The summed E-state index contributed by atoms with van der Waals surface area (Å²) in [6.07, 6.45) is -0.307. The van der Waals surface area contributed by atoms with Gasteiger partial charge in [-0.05, 0) is 43.5 Å². The molecule has 0 bridgehead atoms. The Morgan fingerprint density at radius 1 is 0.889 bits per heavy atom. The van der Waals surface area contributed by atoms with E-state index in [1.165, 1.54) is 24.3 Å². The maximum atomic E-state index is 11.8. The average molecular weight is 382 g/mol. The van der Waals surface area contributed by atoms with Crippen molar-refractivity contribution in [2.45, 2.75) is 44.8 Å². The number of benzene rings is 1. The van der Waals surface area contributed by atoms with E-state index in [1.54, 1.807) is 0 Å². The quantitative estimate of drug-likeness (QED) is 0.223. The number of unbranched alkanes of at least 4 members (excludes halogenated alkanes) is 1. The molecule has 1 aromatic carbocycles. The van der Waals surface area contributed by atoms with Crippen molar-refractivity contribution in [1.29, 1.82) is 0 Å². The minimum Gasteiger partial charge on any atom is -0.478 e. The van der Waals surface area contributed by atoms with Crippen LogP contribution in [0.3, 0.4) is 0 Å². The highest BCUT2D eigenvalue weighted by atomic mass is 16.6. The second kappa shape index (κ2) is 11.8. The minimum atomic E-state index is -1.26. The lowest BCUT2D eigenvalue weighted by Crippen LogP contribution is -2.18. The minimum absolute atomic E-state index is 0.00578. The number of carbonyl (C=O) groups excluding carboxylic acids is 3. The van der Waals surface area contributed by atoms with Gasteiger partial charge in [0.05, 0.1) is 11.1 Å². The molecule has 0 saturated carbocycles. The van der Waals surface area contributed by atoms with Gasteiger partial charge in [0.15, 0.2) is 0 Å². The maximum Gasteiger partial charge on any atom is 0.345 e. The first-order chi connectivity index (χ1) is 12.8. The number of carboxylic acids is 1. The number of rotatable bonds is 11. The number of ether oxygens (including phenoxy) is 2. The van der Waals surface area contributed by atoms with E-state index in [4.69, 9.17) is 14.9 Å². The molecule has 1 rings (SSSR count). The van der Waals surface area contributed by atoms with Gasteiger partial charge in [-0.25, -0.2) is 9.59 Å². The molecular weight excluding hydrogens is 360 g/mol. The fourth-order valence-corrected chi connectivity index (χ4v) is 2.04. The molecule has 0 aliphatic rings. The van der Waals surface area contributed by atoms with Crippen LogP contribution in [0.25, 0.3) is 0 Å².